The maximum absolute atomic E-state index is 11.6. The number of carboxylic acid groups (broad SMARTS) is 1. The van der Waals surface area contributed by atoms with E-state index in [0.29, 0.717) is 13.1 Å². The van der Waals surface area contributed by atoms with Crippen molar-refractivity contribution in [3.8, 4) is 0 Å². The van der Waals surface area contributed by atoms with Crippen LogP contribution >= 0.6 is 0 Å². The van der Waals surface area contributed by atoms with Crippen LogP contribution in [0.15, 0.2) is 53.1 Å². The first-order valence-corrected chi connectivity index (χ1v) is 6.26. The van der Waals surface area contributed by atoms with Crippen LogP contribution in [0.4, 0.5) is 0 Å². The van der Waals surface area contributed by atoms with E-state index >= 15 is 0 Å². The molecule has 19 heavy (non-hydrogen) atoms. The van der Waals surface area contributed by atoms with E-state index in [1.165, 1.54) is 0 Å². The van der Waals surface area contributed by atoms with E-state index in [-0.39, 0.29) is 0 Å². The summed E-state index contributed by atoms with van der Waals surface area (Å²) in [4.78, 5) is 13.4. The van der Waals surface area contributed by atoms with E-state index in [1.807, 2.05) is 54.3 Å². The number of likely N-dealkylation sites (N-methyl/N-ethyl adjacent to an activating group) is 1. The molecule has 4 heteroatoms. The van der Waals surface area contributed by atoms with Gasteiger partial charge in [-0.25, -0.2) is 0 Å². The Hall–Kier alpha value is -2.07. The molecule has 0 aliphatic heterocycles. The molecule has 2 rings (SSSR count). The summed E-state index contributed by atoms with van der Waals surface area (Å²) in [5.41, 5.74) is 0.781. The van der Waals surface area contributed by atoms with Crippen LogP contribution in [-0.2, 0) is 11.3 Å². The number of benzene rings is 1. The fourth-order valence-electron chi connectivity index (χ4n) is 2.13. The third-order valence-corrected chi connectivity index (χ3v) is 3.06. The highest BCUT2D eigenvalue weighted by Crippen LogP contribution is 2.23. The molecule has 0 radical (unpaired) electrons. The molecule has 1 N–H and O–H groups in total. The van der Waals surface area contributed by atoms with Crippen LogP contribution in [0.3, 0.4) is 0 Å². The van der Waals surface area contributed by atoms with Gasteiger partial charge < -0.3 is 9.52 Å². The Balaban J connectivity index is 2.24. The van der Waals surface area contributed by atoms with Gasteiger partial charge in [0.15, 0.2) is 0 Å². The lowest BCUT2D eigenvalue weighted by molar-refractivity contribution is -0.143. The first-order valence-electron chi connectivity index (χ1n) is 6.26. The van der Waals surface area contributed by atoms with Gasteiger partial charge in [-0.3, -0.25) is 9.69 Å². The number of furan rings is 1. The van der Waals surface area contributed by atoms with Crippen molar-refractivity contribution in [2.24, 2.45) is 0 Å². The van der Waals surface area contributed by atoms with Gasteiger partial charge in [0.05, 0.1) is 12.8 Å². The minimum Gasteiger partial charge on any atom is -0.480 e. The van der Waals surface area contributed by atoms with Crippen molar-refractivity contribution in [2.45, 2.75) is 19.5 Å². The van der Waals surface area contributed by atoms with Gasteiger partial charge in [-0.05, 0) is 24.2 Å². The summed E-state index contributed by atoms with van der Waals surface area (Å²) >= 11 is 0. The Morgan fingerprint density at radius 1 is 1.26 bits per heavy atom. The van der Waals surface area contributed by atoms with Gasteiger partial charge in [0.25, 0.3) is 0 Å². The standard InChI is InChI=1S/C15H17NO3/c1-2-16(11-13-9-6-10-19-13)14(15(17)18)12-7-4-3-5-8-12/h3-10,14H,2,11H2,1H3,(H,17,18). The second kappa shape index (κ2) is 6.20. The molecule has 0 bridgehead atoms. The van der Waals surface area contributed by atoms with Crippen molar-refractivity contribution in [1.82, 2.24) is 4.90 Å². The van der Waals surface area contributed by atoms with Crippen LogP contribution in [0.1, 0.15) is 24.3 Å². The second-order valence-corrected chi connectivity index (χ2v) is 4.29. The van der Waals surface area contributed by atoms with Crippen LogP contribution in [0.2, 0.25) is 0 Å². The van der Waals surface area contributed by atoms with Crippen molar-refractivity contribution in [3.05, 3.63) is 60.1 Å². The smallest absolute Gasteiger partial charge is 0.325 e. The van der Waals surface area contributed by atoms with Crippen LogP contribution < -0.4 is 0 Å². The fourth-order valence-corrected chi connectivity index (χ4v) is 2.13. The summed E-state index contributed by atoms with van der Waals surface area (Å²) in [5.74, 6) is -0.0800. The maximum Gasteiger partial charge on any atom is 0.325 e. The van der Waals surface area contributed by atoms with Crippen molar-refractivity contribution in [3.63, 3.8) is 0 Å². The molecule has 0 fully saturated rings. The molecule has 0 spiro atoms. The van der Waals surface area contributed by atoms with Crippen molar-refractivity contribution < 1.29 is 14.3 Å². The van der Waals surface area contributed by atoms with Crippen LogP contribution in [0.25, 0.3) is 0 Å². The Morgan fingerprint density at radius 2 is 2.00 bits per heavy atom. The minimum atomic E-state index is -0.848. The van der Waals surface area contributed by atoms with Gasteiger partial charge in [-0.15, -0.1) is 0 Å². The predicted octanol–water partition coefficient (Wildman–Crippen LogP) is 2.93. The summed E-state index contributed by atoms with van der Waals surface area (Å²) in [6, 6.07) is 12.3. The van der Waals surface area contributed by atoms with E-state index in [1.54, 1.807) is 6.26 Å². The molecule has 0 amide bonds. The minimum absolute atomic E-state index is 0.482. The molecule has 1 aromatic carbocycles. The third-order valence-electron chi connectivity index (χ3n) is 3.06. The highest BCUT2D eigenvalue weighted by atomic mass is 16.4. The molecular formula is C15H17NO3. The topological polar surface area (TPSA) is 53.7 Å². The van der Waals surface area contributed by atoms with Crippen LogP contribution in [-0.4, -0.2) is 22.5 Å². The molecular weight excluding hydrogens is 242 g/mol. The van der Waals surface area contributed by atoms with Gasteiger partial charge in [-0.2, -0.15) is 0 Å². The van der Waals surface area contributed by atoms with Crippen molar-refractivity contribution >= 4 is 5.97 Å². The number of rotatable bonds is 6. The lowest BCUT2D eigenvalue weighted by Crippen LogP contribution is -2.33. The Labute approximate surface area is 112 Å². The molecule has 0 saturated heterocycles. The Bertz CT molecular complexity index is 507. The molecule has 100 valence electrons. The molecule has 0 saturated carbocycles. The molecule has 1 aromatic heterocycles. The van der Waals surface area contributed by atoms with Gasteiger partial charge >= 0.3 is 5.97 Å². The van der Waals surface area contributed by atoms with Gasteiger partial charge in [-0.1, -0.05) is 37.3 Å². The average Bonchev–Trinajstić information content (AvgIpc) is 2.91. The van der Waals surface area contributed by atoms with E-state index in [2.05, 4.69) is 0 Å². The molecule has 1 unspecified atom stereocenters. The molecule has 1 atom stereocenters. The highest BCUT2D eigenvalue weighted by molar-refractivity contribution is 5.75. The molecule has 0 aliphatic rings. The largest absolute Gasteiger partial charge is 0.480 e. The average molecular weight is 259 g/mol. The molecule has 2 aromatic rings. The SMILES string of the molecule is CCN(Cc1ccco1)C(C(=O)O)c1ccccc1. The fraction of sp³-hybridized carbons (Fsp3) is 0.267. The summed E-state index contributed by atoms with van der Waals surface area (Å²) in [6.07, 6.45) is 1.60. The van der Waals surface area contributed by atoms with E-state index < -0.39 is 12.0 Å². The molecule has 0 aliphatic carbocycles. The van der Waals surface area contributed by atoms with Gasteiger partial charge in [0, 0.05) is 0 Å². The lowest BCUT2D eigenvalue weighted by atomic mass is 10.1. The summed E-state index contributed by atoms with van der Waals surface area (Å²) < 4.78 is 5.30. The number of carbonyl (C=O) groups is 1. The van der Waals surface area contributed by atoms with Crippen molar-refractivity contribution in [1.29, 1.82) is 0 Å². The zero-order valence-corrected chi connectivity index (χ0v) is 10.8. The second-order valence-electron chi connectivity index (χ2n) is 4.29. The highest BCUT2D eigenvalue weighted by Gasteiger charge is 2.26. The number of nitrogens with zero attached hydrogens (tertiary/aromatic N) is 1. The maximum atomic E-state index is 11.6. The number of hydrogen-bond acceptors (Lipinski definition) is 3. The normalized spacial score (nSPS) is 12.5. The predicted molar refractivity (Wildman–Crippen MR) is 71.6 cm³/mol. The van der Waals surface area contributed by atoms with Gasteiger partial charge in [0.1, 0.15) is 11.8 Å². The van der Waals surface area contributed by atoms with Crippen LogP contribution in [0.5, 0.6) is 0 Å². The summed E-state index contributed by atoms with van der Waals surface area (Å²) in [5, 5.41) is 9.48. The quantitative estimate of drug-likeness (QED) is 0.866. The van der Waals surface area contributed by atoms with Crippen LogP contribution in [0, 0.1) is 0 Å². The number of aliphatic carboxylic acids is 1. The zero-order chi connectivity index (χ0) is 13.7. The first-order chi connectivity index (χ1) is 9.22. The summed E-state index contributed by atoms with van der Waals surface area (Å²) in [6.45, 7) is 3.06. The van der Waals surface area contributed by atoms with Gasteiger partial charge in [0.2, 0.25) is 0 Å². The van der Waals surface area contributed by atoms with E-state index in [9.17, 15) is 9.90 Å². The Morgan fingerprint density at radius 3 is 2.53 bits per heavy atom. The van der Waals surface area contributed by atoms with E-state index in [0.717, 1.165) is 11.3 Å². The molecule has 4 nitrogen and oxygen atoms in total. The lowest BCUT2D eigenvalue weighted by Gasteiger charge is -2.27. The Kier molecular flexibility index (Phi) is 4.36. The number of hydrogen-bond donors (Lipinski definition) is 1. The number of carboxylic acids is 1. The zero-order valence-electron chi connectivity index (χ0n) is 10.8. The summed E-state index contributed by atoms with van der Waals surface area (Å²) in [7, 11) is 0. The monoisotopic (exact) mass is 259 g/mol. The van der Waals surface area contributed by atoms with Crippen molar-refractivity contribution in [2.75, 3.05) is 6.54 Å². The molecule has 1 heterocycles. The first kappa shape index (κ1) is 13.4. The van der Waals surface area contributed by atoms with E-state index in [4.69, 9.17) is 4.42 Å². The third kappa shape index (κ3) is 3.23.